The summed E-state index contributed by atoms with van der Waals surface area (Å²) in [6.45, 7) is 11.8. The molecule has 0 spiro atoms. The number of aliphatic hydroxyl groups is 1. The maximum Gasteiger partial charge on any atom is 0.225 e. The van der Waals surface area contributed by atoms with Gasteiger partial charge in [-0.25, -0.2) is 24.9 Å². The van der Waals surface area contributed by atoms with Crippen molar-refractivity contribution in [2.45, 2.75) is 39.8 Å². The summed E-state index contributed by atoms with van der Waals surface area (Å²) in [5.74, 6) is 2.63. The van der Waals surface area contributed by atoms with Crippen LogP contribution in [-0.2, 0) is 16.1 Å². The average molecular weight is 525 g/mol. The largest absolute Gasteiger partial charge is 0.393 e. The van der Waals surface area contributed by atoms with E-state index in [1.54, 1.807) is 19.3 Å². The predicted molar refractivity (Wildman–Crippen MR) is 144 cm³/mol. The molecule has 0 saturated carbocycles. The zero-order valence-electron chi connectivity index (χ0n) is 22.2. The molecule has 0 bridgehead atoms. The van der Waals surface area contributed by atoms with Gasteiger partial charge in [0.1, 0.15) is 0 Å². The second-order valence-corrected chi connectivity index (χ2v) is 10.3. The lowest BCUT2D eigenvalue weighted by molar-refractivity contribution is -0.133. The van der Waals surface area contributed by atoms with E-state index in [0.717, 1.165) is 29.5 Å². The minimum atomic E-state index is -0.645. The molecule has 1 amide bonds. The standard InChI is InChI=1S/C25H36N10O3/c1-16(2)15-35-23-20(29-25(35)34-6-4-32(5-7-34)19(37)12-17(3)36)22(33-8-10-38-11-9-33)30-21(31-23)18-13-27-24(26)28-14-18/h13-14,16-17,36H,4-12,15H2,1-3H3,(H2,26,27,28). The van der Waals surface area contributed by atoms with E-state index in [1.807, 2.05) is 4.90 Å². The van der Waals surface area contributed by atoms with Gasteiger partial charge in [-0.05, 0) is 12.8 Å². The molecule has 1 unspecified atom stereocenters. The summed E-state index contributed by atoms with van der Waals surface area (Å²) in [5.41, 5.74) is 7.90. The van der Waals surface area contributed by atoms with Crippen LogP contribution in [0.2, 0.25) is 0 Å². The van der Waals surface area contributed by atoms with Gasteiger partial charge in [0.15, 0.2) is 22.8 Å². The van der Waals surface area contributed by atoms with Crippen molar-refractivity contribution in [3.63, 3.8) is 0 Å². The molecule has 13 nitrogen and oxygen atoms in total. The van der Waals surface area contributed by atoms with Crippen molar-refractivity contribution in [3.8, 4) is 11.4 Å². The highest BCUT2D eigenvalue weighted by Crippen LogP contribution is 2.32. The normalized spacial score (nSPS) is 17.4. The fraction of sp³-hybridized carbons (Fsp3) is 0.600. The number of piperazine rings is 1. The molecule has 38 heavy (non-hydrogen) atoms. The Hall–Kier alpha value is -3.58. The first-order valence-electron chi connectivity index (χ1n) is 13.2. The number of morpholine rings is 1. The number of nitrogens with zero attached hydrogens (tertiary/aromatic N) is 9. The third-order valence-corrected chi connectivity index (χ3v) is 6.73. The SMILES string of the molecule is CC(C)Cn1c(N2CCN(C(=O)CC(C)O)CC2)nc2c(N3CCOCC3)nc(-c3cnc(N)nc3)nc21. The molecule has 0 radical (unpaired) electrons. The van der Waals surface area contributed by atoms with Crippen molar-refractivity contribution in [2.75, 3.05) is 68.0 Å². The number of aliphatic hydroxyl groups excluding tert-OH is 1. The molecule has 3 N–H and O–H groups in total. The quantitative estimate of drug-likeness (QED) is 0.451. The third-order valence-electron chi connectivity index (χ3n) is 6.73. The van der Waals surface area contributed by atoms with E-state index in [9.17, 15) is 9.90 Å². The fourth-order valence-corrected chi connectivity index (χ4v) is 4.87. The number of carbonyl (C=O) groups excluding carboxylic acids is 1. The molecule has 1 atom stereocenters. The molecule has 2 fully saturated rings. The molecule has 13 heteroatoms. The summed E-state index contributed by atoms with van der Waals surface area (Å²) in [5, 5.41) is 9.63. The Balaban J connectivity index is 1.56. The van der Waals surface area contributed by atoms with E-state index < -0.39 is 6.10 Å². The maximum absolute atomic E-state index is 12.5. The van der Waals surface area contributed by atoms with Crippen LogP contribution in [0.3, 0.4) is 0 Å². The lowest BCUT2D eigenvalue weighted by Crippen LogP contribution is -2.50. The van der Waals surface area contributed by atoms with Gasteiger partial charge in [-0.15, -0.1) is 0 Å². The van der Waals surface area contributed by atoms with Gasteiger partial charge < -0.3 is 30.3 Å². The van der Waals surface area contributed by atoms with Crippen LogP contribution in [0.5, 0.6) is 0 Å². The van der Waals surface area contributed by atoms with Crippen molar-refractivity contribution in [2.24, 2.45) is 5.92 Å². The highest BCUT2D eigenvalue weighted by atomic mass is 16.5. The summed E-state index contributed by atoms with van der Waals surface area (Å²) in [6.07, 6.45) is 2.77. The Morgan fingerprint density at radius 1 is 1.00 bits per heavy atom. The number of carbonyl (C=O) groups is 1. The monoisotopic (exact) mass is 524 g/mol. The number of aromatic nitrogens is 6. The first-order chi connectivity index (χ1) is 18.3. The van der Waals surface area contributed by atoms with Crippen LogP contribution in [0.1, 0.15) is 27.2 Å². The van der Waals surface area contributed by atoms with Gasteiger partial charge >= 0.3 is 0 Å². The van der Waals surface area contributed by atoms with Gasteiger partial charge in [0.25, 0.3) is 0 Å². The molecular formula is C25H36N10O3. The van der Waals surface area contributed by atoms with E-state index in [-0.39, 0.29) is 18.3 Å². The van der Waals surface area contributed by atoms with Crippen molar-refractivity contribution in [3.05, 3.63) is 12.4 Å². The third kappa shape index (κ3) is 5.48. The molecule has 5 heterocycles. The summed E-state index contributed by atoms with van der Waals surface area (Å²) < 4.78 is 7.76. The van der Waals surface area contributed by atoms with Gasteiger partial charge in [-0.3, -0.25) is 9.36 Å². The number of nitrogen functional groups attached to an aromatic ring is 1. The number of ether oxygens (including phenoxy) is 1. The molecule has 204 valence electrons. The predicted octanol–water partition coefficient (Wildman–Crippen LogP) is 0.778. The molecule has 0 aromatic carbocycles. The van der Waals surface area contributed by atoms with Crippen LogP contribution in [0.15, 0.2) is 12.4 Å². The van der Waals surface area contributed by atoms with E-state index in [0.29, 0.717) is 69.8 Å². The van der Waals surface area contributed by atoms with Crippen LogP contribution in [0, 0.1) is 5.92 Å². The Labute approximate surface area is 221 Å². The minimum absolute atomic E-state index is 0.0221. The Morgan fingerprint density at radius 2 is 1.68 bits per heavy atom. The van der Waals surface area contributed by atoms with E-state index >= 15 is 0 Å². The molecule has 0 aliphatic carbocycles. The molecule has 2 aliphatic rings. The van der Waals surface area contributed by atoms with Crippen molar-refractivity contribution in [1.82, 2.24) is 34.4 Å². The number of amides is 1. The number of nitrogens with two attached hydrogens (primary N) is 1. The number of hydrogen-bond donors (Lipinski definition) is 2. The second-order valence-electron chi connectivity index (χ2n) is 10.3. The smallest absolute Gasteiger partial charge is 0.225 e. The van der Waals surface area contributed by atoms with Crippen LogP contribution in [-0.4, -0.2) is 104 Å². The van der Waals surface area contributed by atoms with Crippen LogP contribution >= 0.6 is 0 Å². The molecular weight excluding hydrogens is 488 g/mol. The van der Waals surface area contributed by atoms with Gasteiger partial charge in [-0.2, -0.15) is 0 Å². The van der Waals surface area contributed by atoms with E-state index in [4.69, 9.17) is 25.4 Å². The summed E-state index contributed by atoms with van der Waals surface area (Å²) >= 11 is 0. The van der Waals surface area contributed by atoms with Crippen molar-refractivity contribution in [1.29, 1.82) is 0 Å². The minimum Gasteiger partial charge on any atom is -0.393 e. The Kier molecular flexibility index (Phi) is 7.56. The molecule has 3 aromatic heterocycles. The van der Waals surface area contributed by atoms with Gasteiger partial charge in [0, 0.05) is 58.2 Å². The molecule has 5 rings (SSSR count). The average Bonchev–Trinajstić information content (AvgIpc) is 3.26. The number of anilines is 3. The fourth-order valence-electron chi connectivity index (χ4n) is 4.87. The van der Waals surface area contributed by atoms with Crippen LogP contribution in [0.25, 0.3) is 22.6 Å². The maximum atomic E-state index is 12.5. The van der Waals surface area contributed by atoms with E-state index in [2.05, 4.69) is 38.2 Å². The zero-order valence-corrected chi connectivity index (χ0v) is 22.2. The first kappa shape index (κ1) is 26.0. The van der Waals surface area contributed by atoms with Crippen LogP contribution < -0.4 is 15.5 Å². The topological polar surface area (TPSA) is 152 Å². The Bertz CT molecular complexity index is 1260. The lowest BCUT2D eigenvalue weighted by Gasteiger charge is -2.35. The van der Waals surface area contributed by atoms with Crippen molar-refractivity contribution >= 4 is 34.8 Å². The number of rotatable bonds is 7. The second kappa shape index (κ2) is 11.0. The summed E-state index contributed by atoms with van der Waals surface area (Å²) in [7, 11) is 0. The summed E-state index contributed by atoms with van der Waals surface area (Å²) in [4.78, 5) is 42.0. The molecule has 2 saturated heterocycles. The van der Waals surface area contributed by atoms with Gasteiger partial charge in [-0.1, -0.05) is 13.8 Å². The number of hydrogen-bond acceptors (Lipinski definition) is 11. The van der Waals surface area contributed by atoms with Gasteiger partial charge in [0.2, 0.25) is 17.8 Å². The number of fused-ring (bicyclic) bond motifs is 1. The zero-order chi connectivity index (χ0) is 26.8. The summed E-state index contributed by atoms with van der Waals surface area (Å²) in [6, 6.07) is 0. The molecule has 3 aromatic rings. The van der Waals surface area contributed by atoms with E-state index in [1.165, 1.54) is 0 Å². The molecule has 2 aliphatic heterocycles. The lowest BCUT2D eigenvalue weighted by atomic mass is 10.2. The van der Waals surface area contributed by atoms with Crippen molar-refractivity contribution < 1.29 is 14.6 Å². The first-order valence-corrected chi connectivity index (χ1v) is 13.2. The highest BCUT2D eigenvalue weighted by Gasteiger charge is 2.29. The number of imidazole rings is 1. The van der Waals surface area contributed by atoms with Crippen LogP contribution in [0.4, 0.5) is 17.7 Å². The highest BCUT2D eigenvalue weighted by molar-refractivity contribution is 5.88. The Morgan fingerprint density at radius 3 is 2.32 bits per heavy atom. The van der Waals surface area contributed by atoms with Gasteiger partial charge in [0.05, 0.1) is 31.3 Å².